The van der Waals surface area contributed by atoms with Gasteiger partial charge in [0.2, 0.25) is 9.84 Å². The van der Waals surface area contributed by atoms with Gasteiger partial charge in [-0.1, -0.05) is 109 Å². The average Bonchev–Trinajstić information content (AvgIpc) is 3.72. The molecule has 1 aliphatic heterocycles. The Labute approximate surface area is 201 Å². The van der Waals surface area contributed by atoms with E-state index in [2.05, 4.69) is 36.4 Å². The van der Waals surface area contributed by atoms with Gasteiger partial charge in [0.1, 0.15) is 6.10 Å². The maximum Gasteiger partial charge on any atom is 0.288 e. The van der Waals surface area contributed by atoms with Crippen LogP contribution >= 0.6 is 0 Å². The van der Waals surface area contributed by atoms with Crippen LogP contribution in [0.25, 0.3) is 0 Å². The fourth-order valence-corrected chi connectivity index (χ4v) is 10.2. The van der Waals surface area contributed by atoms with E-state index in [0.717, 1.165) is 15.6 Å². The van der Waals surface area contributed by atoms with E-state index in [0.29, 0.717) is 0 Å². The maximum atomic E-state index is 13.1. The van der Waals surface area contributed by atoms with Gasteiger partial charge in [-0.25, -0.2) is 8.42 Å². The van der Waals surface area contributed by atoms with Crippen LogP contribution in [0.15, 0.2) is 126 Å². The molecular weight excluding hydrogens is 460 g/mol. The second-order valence-corrected chi connectivity index (χ2v) is 13.8. The molecule has 0 aromatic heterocycles. The van der Waals surface area contributed by atoms with Gasteiger partial charge >= 0.3 is 0 Å². The van der Waals surface area contributed by atoms with Gasteiger partial charge in [0.05, 0.1) is 11.0 Å². The van der Waals surface area contributed by atoms with E-state index in [1.807, 2.05) is 61.5 Å². The molecule has 6 heteroatoms. The Kier molecular flexibility index (Phi) is 6.23. The summed E-state index contributed by atoms with van der Waals surface area (Å²) in [6.07, 6.45) is -0.969. The highest BCUT2D eigenvalue weighted by molar-refractivity contribution is 7.92. The molecule has 0 amide bonds. The fourth-order valence-electron chi connectivity index (χ4n) is 4.50. The van der Waals surface area contributed by atoms with Crippen LogP contribution in [0.2, 0.25) is 0 Å². The van der Waals surface area contributed by atoms with Crippen LogP contribution in [-0.2, 0) is 19.0 Å². The van der Waals surface area contributed by atoms with Crippen molar-refractivity contribution in [2.75, 3.05) is 0 Å². The summed E-state index contributed by atoms with van der Waals surface area (Å²) in [5, 5.41) is 3.30. The molecule has 172 valence electrons. The van der Waals surface area contributed by atoms with Crippen molar-refractivity contribution < 1.29 is 17.6 Å². The van der Waals surface area contributed by atoms with Gasteiger partial charge in [-0.05, 0) is 34.6 Å². The Hall–Kier alpha value is -3.03. The lowest BCUT2D eigenvalue weighted by Gasteiger charge is -2.35. The standard InChI is InChI=1S/C28H26O4SSi/c1-22(27-28(31-27)33(29,30)23-14-6-2-7-15-23)32-34(24-16-8-3-9-17-24,25-18-10-4-11-19-25)26-20-12-5-13-21-26/h2-22,27-28H,1H3/t22-,27+,28+/m0/s1. The van der Waals surface area contributed by atoms with E-state index in [1.165, 1.54) is 0 Å². The van der Waals surface area contributed by atoms with Gasteiger partial charge in [-0.15, -0.1) is 0 Å². The van der Waals surface area contributed by atoms with E-state index in [9.17, 15) is 8.42 Å². The van der Waals surface area contributed by atoms with Gasteiger partial charge in [0.15, 0.2) is 5.44 Å². The highest BCUT2D eigenvalue weighted by Gasteiger charge is 2.55. The van der Waals surface area contributed by atoms with E-state index in [4.69, 9.17) is 9.16 Å². The van der Waals surface area contributed by atoms with Crippen molar-refractivity contribution in [2.45, 2.75) is 29.5 Å². The van der Waals surface area contributed by atoms with Crippen molar-refractivity contribution in [1.29, 1.82) is 0 Å². The van der Waals surface area contributed by atoms with E-state index >= 15 is 0 Å². The number of ether oxygens (including phenoxy) is 1. The van der Waals surface area contributed by atoms with Gasteiger partial charge in [-0.3, -0.25) is 0 Å². The first kappa shape index (κ1) is 22.7. The Balaban J connectivity index is 1.55. The molecule has 0 bridgehead atoms. The SMILES string of the molecule is C[C@H](O[Si](c1ccccc1)(c1ccccc1)c1ccccc1)[C@H]1O[C@@H]1S(=O)(=O)c1ccccc1. The van der Waals surface area contributed by atoms with Crippen LogP contribution in [0.3, 0.4) is 0 Å². The number of hydrogen-bond donors (Lipinski definition) is 0. The van der Waals surface area contributed by atoms with Gasteiger partial charge < -0.3 is 9.16 Å². The molecule has 5 rings (SSSR count). The number of benzene rings is 4. The highest BCUT2D eigenvalue weighted by atomic mass is 32.2. The third-order valence-corrected chi connectivity index (χ3v) is 12.3. The van der Waals surface area contributed by atoms with Crippen molar-refractivity contribution in [2.24, 2.45) is 0 Å². The lowest BCUT2D eigenvalue weighted by molar-refractivity contribution is 0.176. The van der Waals surface area contributed by atoms with E-state index in [1.54, 1.807) is 30.3 Å². The van der Waals surface area contributed by atoms with Crippen molar-refractivity contribution in [3.8, 4) is 0 Å². The largest absolute Gasteiger partial charge is 0.399 e. The number of hydrogen-bond acceptors (Lipinski definition) is 4. The zero-order chi connectivity index (χ0) is 23.6. The minimum Gasteiger partial charge on any atom is -0.399 e. The predicted octanol–water partition coefficient (Wildman–Crippen LogP) is 3.26. The fraction of sp³-hybridized carbons (Fsp3) is 0.143. The molecule has 0 aliphatic carbocycles. The van der Waals surface area contributed by atoms with E-state index < -0.39 is 35.8 Å². The molecule has 1 fully saturated rings. The Morgan fingerprint density at radius 2 is 1.06 bits per heavy atom. The lowest BCUT2D eigenvalue weighted by atomic mass is 10.3. The first-order valence-corrected chi connectivity index (χ1v) is 14.8. The number of sulfone groups is 1. The van der Waals surface area contributed by atoms with Crippen LogP contribution < -0.4 is 15.6 Å². The summed E-state index contributed by atoms with van der Waals surface area (Å²) in [6.45, 7) is 1.92. The van der Waals surface area contributed by atoms with Crippen molar-refractivity contribution in [3.63, 3.8) is 0 Å². The highest BCUT2D eigenvalue weighted by Crippen LogP contribution is 2.36. The molecule has 0 saturated carbocycles. The summed E-state index contributed by atoms with van der Waals surface area (Å²) in [6, 6.07) is 39.2. The number of epoxide rings is 1. The molecule has 0 unspecified atom stereocenters. The summed E-state index contributed by atoms with van der Waals surface area (Å²) in [7, 11) is -6.55. The molecule has 34 heavy (non-hydrogen) atoms. The monoisotopic (exact) mass is 486 g/mol. The molecule has 0 radical (unpaired) electrons. The molecule has 1 saturated heterocycles. The van der Waals surface area contributed by atoms with Gasteiger partial charge in [0, 0.05) is 0 Å². The molecule has 1 heterocycles. The Morgan fingerprint density at radius 3 is 1.47 bits per heavy atom. The minimum atomic E-state index is -3.60. The minimum absolute atomic E-state index is 0.271. The lowest BCUT2D eigenvalue weighted by Crippen LogP contribution is -2.70. The average molecular weight is 487 g/mol. The second kappa shape index (κ2) is 9.31. The molecular formula is C28H26O4SSi. The molecule has 3 atom stereocenters. The molecule has 4 aromatic rings. The Bertz CT molecular complexity index is 1230. The quantitative estimate of drug-likeness (QED) is 0.218. The summed E-state index contributed by atoms with van der Waals surface area (Å²) in [5.74, 6) is 0. The van der Waals surface area contributed by atoms with Crippen LogP contribution in [0.1, 0.15) is 6.92 Å². The third-order valence-electron chi connectivity index (χ3n) is 6.23. The van der Waals surface area contributed by atoms with Crippen LogP contribution in [-0.4, -0.2) is 34.4 Å². The summed E-state index contributed by atoms with van der Waals surface area (Å²) < 4.78 is 39.0. The zero-order valence-corrected chi connectivity index (χ0v) is 20.6. The van der Waals surface area contributed by atoms with E-state index in [-0.39, 0.29) is 4.90 Å². The normalized spacial score (nSPS) is 18.9. The first-order chi connectivity index (χ1) is 16.5. The molecule has 1 aliphatic rings. The molecule has 0 spiro atoms. The van der Waals surface area contributed by atoms with Gasteiger partial charge in [0.25, 0.3) is 8.32 Å². The smallest absolute Gasteiger partial charge is 0.288 e. The summed E-state index contributed by atoms with van der Waals surface area (Å²) in [4.78, 5) is 0.271. The molecule has 4 nitrogen and oxygen atoms in total. The third kappa shape index (κ3) is 4.14. The van der Waals surface area contributed by atoms with Crippen molar-refractivity contribution in [1.82, 2.24) is 0 Å². The van der Waals surface area contributed by atoms with Crippen LogP contribution in [0.4, 0.5) is 0 Å². The summed E-state index contributed by atoms with van der Waals surface area (Å²) in [5.41, 5.74) is -0.904. The maximum absolute atomic E-state index is 13.1. The zero-order valence-electron chi connectivity index (χ0n) is 18.8. The summed E-state index contributed by atoms with van der Waals surface area (Å²) >= 11 is 0. The van der Waals surface area contributed by atoms with Crippen LogP contribution in [0.5, 0.6) is 0 Å². The number of rotatable bonds is 8. The van der Waals surface area contributed by atoms with Gasteiger partial charge in [-0.2, -0.15) is 0 Å². The topological polar surface area (TPSA) is 55.9 Å². The van der Waals surface area contributed by atoms with Crippen molar-refractivity contribution in [3.05, 3.63) is 121 Å². The predicted molar refractivity (Wildman–Crippen MR) is 137 cm³/mol. The second-order valence-electron chi connectivity index (χ2n) is 8.43. The molecule has 4 aromatic carbocycles. The van der Waals surface area contributed by atoms with Crippen molar-refractivity contribution >= 4 is 33.7 Å². The Morgan fingerprint density at radius 1 is 0.676 bits per heavy atom. The first-order valence-electron chi connectivity index (χ1n) is 11.3. The van der Waals surface area contributed by atoms with Crippen LogP contribution in [0, 0.1) is 0 Å². The molecule has 0 N–H and O–H groups in total.